The van der Waals surface area contributed by atoms with E-state index in [1.54, 1.807) is 23.5 Å². The molecule has 3 heteroatoms. The van der Waals surface area contributed by atoms with Crippen molar-refractivity contribution in [2.24, 2.45) is 16.6 Å². The van der Waals surface area contributed by atoms with Crippen LogP contribution in [0.2, 0.25) is 0 Å². The molecule has 0 aliphatic heterocycles. The number of benzene rings is 1. The maximum absolute atomic E-state index is 14.0. The SMILES string of the molecule is CC12CCC(C)(C1)C(c1cc3c(F)cccc3s1)=C2CN. The molecule has 1 fully saturated rings. The lowest BCUT2D eigenvalue weighted by atomic mass is 9.77. The minimum atomic E-state index is -0.121. The summed E-state index contributed by atoms with van der Waals surface area (Å²) in [7, 11) is 0. The van der Waals surface area contributed by atoms with Crippen LogP contribution in [0.4, 0.5) is 4.39 Å². The van der Waals surface area contributed by atoms with Gasteiger partial charge in [0.15, 0.2) is 0 Å². The van der Waals surface area contributed by atoms with Crippen LogP contribution in [0.3, 0.4) is 0 Å². The van der Waals surface area contributed by atoms with Gasteiger partial charge in [-0.15, -0.1) is 11.3 Å². The minimum absolute atomic E-state index is 0.121. The monoisotopic (exact) mass is 301 g/mol. The summed E-state index contributed by atoms with van der Waals surface area (Å²) >= 11 is 1.71. The smallest absolute Gasteiger partial charge is 0.131 e. The van der Waals surface area contributed by atoms with Crippen LogP contribution in [0.1, 0.15) is 38.0 Å². The molecule has 4 rings (SSSR count). The second kappa shape index (κ2) is 4.17. The fourth-order valence-corrected chi connectivity index (χ4v) is 5.97. The van der Waals surface area contributed by atoms with Gasteiger partial charge in [-0.05, 0) is 59.4 Å². The van der Waals surface area contributed by atoms with E-state index in [1.165, 1.54) is 35.3 Å². The third kappa shape index (κ3) is 1.71. The molecule has 2 atom stereocenters. The highest BCUT2D eigenvalue weighted by Gasteiger charge is 2.54. The van der Waals surface area contributed by atoms with Crippen LogP contribution in [0.15, 0.2) is 29.8 Å². The van der Waals surface area contributed by atoms with Crippen molar-refractivity contribution in [3.05, 3.63) is 40.5 Å². The molecule has 1 heterocycles. The Hall–Kier alpha value is -1.19. The lowest BCUT2D eigenvalue weighted by Gasteiger charge is -2.29. The molecule has 110 valence electrons. The average molecular weight is 301 g/mol. The number of thiophene rings is 1. The summed E-state index contributed by atoms with van der Waals surface area (Å²) in [5.41, 5.74) is 9.39. The first-order valence-corrected chi connectivity index (χ1v) is 8.41. The molecule has 2 aliphatic carbocycles. The van der Waals surface area contributed by atoms with Gasteiger partial charge in [-0.1, -0.05) is 19.9 Å². The summed E-state index contributed by atoms with van der Waals surface area (Å²) in [6.07, 6.45) is 3.65. The maximum Gasteiger partial charge on any atom is 0.131 e. The van der Waals surface area contributed by atoms with Gasteiger partial charge < -0.3 is 5.73 Å². The molecule has 2 bridgehead atoms. The summed E-state index contributed by atoms with van der Waals surface area (Å²) in [4.78, 5) is 1.22. The van der Waals surface area contributed by atoms with Crippen molar-refractivity contribution in [3.8, 4) is 0 Å². The topological polar surface area (TPSA) is 26.0 Å². The molecule has 1 aromatic heterocycles. The normalized spacial score (nSPS) is 31.6. The van der Waals surface area contributed by atoms with E-state index < -0.39 is 0 Å². The Balaban J connectivity index is 1.97. The molecule has 1 saturated carbocycles. The van der Waals surface area contributed by atoms with Crippen molar-refractivity contribution in [2.75, 3.05) is 6.54 Å². The Morgan fingerprint density at radius 2 is 2.00 bits per heavy atom. The minimum Gasteiger partial charge on any atom is -0.327 e. The first-order valence-electron chi connectivity index (χ1n) is 7.59. The first kappa shape index (κ1) is 13.5. The van der Waals surface area contributed by atoms with E-state index in [2.05, 4.69) is 13.8 Å². The van der Waals surface area contributed by atoms with Gasteiger partial charge in [0.05, 0.1) is 0 Å². The first-order chi connectivity index (χ1) is 9.97. The zero-order valence-electron chi connectivity index (χ0n) is 12.5. The average Bonchev–Trinajstić information content (AvgIpc) is 3.04. The fourth-order valence-electron chi connectivity index (χ4n) is 4.67. The standard InChI is InChI=1S/C18H20FNS/c1-17-6-7-18(2,10-17)16(12(17)9-20)15-8-11-13(19)4-3-5-14(11)21-15/h3-5,8H,6-7,9-10,20H2,1-2H3. The number of rotatable bonds is 2. The largest absolute Gasteiger partial charge is 0.327 e. The van der Waals surface area contributed by atoms with Gasteiger partial charge in [-0.3, -0.25) is 0 Å². The van der Waals surface area contributed by atoms with E-state index >= 15 is 0 Å². The molecule has 0 spiro atoms. The van der Waals surface area contributed by atoms with Crippen LogP contribution in [-0.4, -0.2) is 6.54 Å². The molecule has 2 aromatic rings. The Morgan fingerprint density at radius 1 is 1.24 bits per heavy atom. The van der Waals surface area contributed by atoms with E-state index in [4.69, 9.17) is 5.73 Å². The predicted octanol–water partition coefficient (Wildman–Crippen LogP) is 4.96. The third-order valence-electron chi connectivity index (χ3n) is 5.60. The fraction of sp³-hybridized carbons (Fsp3) is 0.444. The highest BCUT2D eigenvalue weighted by molar-refractivity contribution is 7.20. The number of hydrogen-bond acceptors (Lipinski definition) is 2. The molecule has 1 aromatic carbocycles. The number of fused-ring (bicyclic) bond motifs is 3. The summed E-state index contributed by atoms with van der Waals surface area (Å²) in [6, 6.07) is 7.38. The molecule has 0 saturated heterocycles. The van der Waals surface area contributed by atoms with E-state index in [-0.39, 0.29) is 16.6 Å². The molecular weight excluding hydrogens is 281 g/mol. The molecule has 1 nitrogen and oxygen atoms in total. The van der Waals surface area contributed by atoms with E-state index in [0.29, 0.717) is 6.54 Å². The molecule has 0 amide bonds. The van der Waals surface area contributed by atoms with Crippen molar-refractivity contribution in [1.29, 1.82) is 0 Å². The lowest BCUT2D eigenvalue weighted by Crippen LogP contribution is -2.21. The van der Waals surface area contributed by atoms with Gasteiger partial charge >= 0.3 is 0 Å². The van der Waals surface area contributed by atoms with Gasteiger partial charge in [-0.2, -0.15) is 0 Å². The van der Waals surface area contributed by atoms with Gasteiger partial charge in [0.2, 0.25) is 0 Å². The third-order valence-corrected chi connectivity index (χ3v) is 6.72. The second-order valence-corrected chi connectivity index (χ2v) is 8.20. The Morgan fingerprint density at radius 3 is 2.71 bits per heavy atom. The van der Waals surface area contributed by atoms with Crippen LogP contribution < -0.4 is 5.73 Å². The van der Waals surface area contributed by atoms with Crippen molar-refractivity contribution < 1.29 is 4.39 Å². The Kier molecular flexibility index (Phi) is 2.68. The van der Waals surface area contributed by atoms with Gasteiger partial charge in [0.25, 0.3) is 0 Å². The van der Waals surface area contributed by atoms with Crippen molar-refractivity contribution in [2.45, 2.75) is 33.1 Å². The summed E-state index contributed by atoms with van der Waals surface area (Å²) in [5.74, 6) is -0.121. The highest BCUT2D eigenvalue weighted by atomic mass is 32.1. The van der Waals surface area contributed by atoms with Crippen molar-refractivity contribution >= 4 is 27.0 Å². The Bertz CT molecular complexity index is 775. The molecule has 2 unspecified atom stereocenters. The number of halogens is 1. The second-order valence-electron chi connectivity index (χ2n) is 7.12. The quantitative estimate of drug-likeness (QED) is 0.833. The zero-order valence-corrected chi connectivity index (χ0v) is 13.3. The predicted molar refractivity (Wildman–Crippen MR) is 87.8 cm³/mol. The number of hydrogen-bond donors (Lipinski definition) is 1. The zero-order chi connectivity index (χ0) is 14.8. The van der Waals surface area contributed by atoms with Crippen molar-refractivity contribution in [1.82, 2.24) is 0 Å². The lowest BCUT2D eigenvalue weighted by molar-refractivity contribution is 0.399. The Labute approximate surface area is 128 Å². The number of nitrogens with two attached hydrogens (primary N) is 1. The maximum atomic E-state index is 14.0. The summed E-state index contributed by atoms with van der Waals surface area (Å²) < 4.78 is 15.0. The van der Waals surface area contributed by atoms with Gasteiger partial charge in [0.1, 0.15) is 5.82 Å². The summed E-state index contributed by atoms with van der Waals surface area (Å²) in [6.45, 7) is 5.33. The van der Waals surface area contributed by atoms with Crippen LogP contribution in [0, 0.1) is 16.6 Å². The van der Waals surface area contributed by atoms with Crippen LogP contribution in [0.25, 0.3) is 15.7 Å². The van der Waals surface area contributed by atoms with Crippen LogP contribution >= 0.6 is 11.3 Å². The molecule has 2 aliphatic rings. The van der Waals surface area contributed by atoms with Gasteiger partial charge in [0, 0.05) is 21.5 Å². The van der Waals surface area contributed by atoms with E-state index in [9.17, 15) is 4.39 Å². The van der Waals surface area contributed by atoms with E-state index in [1.807, 2.05) is 12.1 Å². The van der Waals surface area contributed by atoms with Crippen molar-refractivity contribution in [3.63, 3.8) is 0 Å². The van der Waals surface area contributed by atoms with Crippen LogP contribution in [-0.2, 0) is 0 Å². The van der Waals surface area contributed by atoms with Crippen LogP contribution in [0.5, 0.6) is 0 Å². The highest BCUT2D eigenvalue weighted by Crippen LogP contribution is 2.67. The number of allylic oxidation sites excluding steroid dienone is 1. The molecular formula is C18H20FNS. The van der Waals surface area contributed by atoms with Gasteiger partial charge in [-0.25, -0.2) is 4.39 Å². The van der Waals surface area contributed by atoms with E-state index in [0.717, 1.165) is 10.1 Å². The summed E-state index contributed by atoms with van der Waals surface area (Å²) in [5, 5.41) is 0.748. The molecule has 21 heavy (non-hydrogen) atoms. The molecule has 0 radical (unpaired) electrons. The molecule has 2 N–H and O–H groups in total.